The van der Waals surface area contributed by atoms with Crippen LogP contribution in [0.4, 0.5) is 5.69 Å². The van der Waals surface area contributed by atoms with Crippen molar-refractivity contribution in [2.75, 3.05) is 11.9 Å². The Morgan fingerprint density at radius 3 is 2.48 bits per heavy atom. The van der Waals surface area contributed by atoms with Crippen LogP contribution in [0.5, 0.6) is 11.5 Å². The number of benzene rings is 2. The minimum atomic E-state index is -1.16. The number of carboxylic acid groups (broad SMARTS) is 1. The number of carbonyl (C=O) groups is 2. The lowest BCUT2D eigenvalue weighted by Gasteiger charge is -2.11. The van der Waals surface area contributed by atoms with Gasteiger partial charge in [-0.25, -0.2) is 4.79 Å². The van der Waals surface area contributed by atoms with Gasteiger partial charge in [-0.05, 0) is 43.7 Å². The first-order valence-corrected chi connectivity index (χ1v) is 6.93. The summed E-state index contributed by atoms with van der Waals surface area (Å²) in [4.78, 5) is 22.7. The molecule has 0 radical (unpaired) electrons. The number of amides is 1. The Hall–Kier alpha value is -3.02. The van der Waals surface area contributed by atoms with Crippen molar-refractivity contribution in [3.05, 3.63) is 53.1 Å². The van der Waals surface area contributed by atoms with Gasteiger partial charge in [0.05, 0.1) is 11.3 Å². The van der Waals surface area contributed by atoms with E-state index in [4.69, 9.17) is 9.84 Å². The molecule has 0 aromatic heterocycles. The van der Waals surface area contributed by atoms with Gasteiger partial charge < -0.3 is 20.3 Å². The van der Waals surface area contributed by atoms with Gasteiger partial charge in [0.15, 0.2) is 6.61 Å². The number of phenolic OH excluding ortho intramolecular Hbond substituents is 1. The number of anilines is 1. The minimum absolute atomic E-state index is 0.0629. The molecule has 6 heteroatoms. The van der Waals surface area contributed by atoms with E-state index >= 15 is 0 Å². The molecule has 1 amide bonds. The van der Waals surface area contributed by atoms with Gasteiger partial charge in [0.25, 0.3) is 5.91 Å². The molecular weight excluding hydrogens is 298 g/mol. The average molecular weight is 315 g/mol. The smallest absolute Gasteiger partial charge is 0.335 e. The summed E-state index contributed by atoms with van der Waals surface area (Å²) in [5.41, 5.74) is 2.09. The maximum absolute atomic E-state index is 11.9. The number of nitrogens with one attached hydrogen (secondary N) is 1. The molecule has 120 valence electrons. The lowest BCUT2D eigenvalue weighted by molar-refractivity contribution is -0.118. The van der Waals surface area contributed by atoms with Crippen LogP contribution in [0.3, 0.4) is 0 Å². The molecular formula is C17H17NO5. The molecule has 0 saturated carbocycles. The summed E-state index contributed by atoms with van der Waals surface area (Å²) in [7, 11) is 0. The molecule has 2 aromatic carbocycles. The summed E-state index contributed by atoms with van der Waals surface area (Å²) in [6, 6.07) is 9.32. The van der Waals surface area contributed by atoms with Crippen molar-refractivity contribution in [2.24, 2.45) is 0 Å². The lowest BCUT2D eigenvalue weighted by Crippen LogP contribution is -2.20. The Kier molecular flexibility index (Phi) is 4.85. The quantitative estimate of drug-likeness (QED) is 0.737. The number of hydrogen-bond donors (Lipinski definition) is 3. The number of aromatic hydroxyl groups is 1. The third-order valence-corrected chi connectivity index (χ3v) is 3.21. The number of carbonyl (C=O) groups excluding carboxylic acids is 1. The molecule has 0 aliphatic carbocycles. The standard InChI is InChI=1S/C17H17NO5/c1-10-3-6-15(11(2)7-10)23-9-16(20)18-13-5-4-12(17(21)22)8-14(13)19/h3-8,19H,9H2,1-2H3,(H,18,20)(H,21,22). The molecule has 3 N–H and O–H groups in total. The summed E-state index contributed by atoms with van der Waals surface area (Å²) >= 11 is 0. The number of hydrogen-bond acceptors (Lipinski definition) is 4. The highest BCUT2D eigenvalue weighted by atomic mass is 16.5. The van der Waals surface area contributed by atoms with Gasteiger partial charge in [0.2, 0.25) is 0 Å². The van der Waals surface area contributed by atoms with E-state index in [2.05, 4.69) is 5.32 Å². The Balaban J connectivity index is 1.98. The van der Waals surface area contributed by atoms with E-state index in [1.165, 1.54) is 12.1 Å². The maximum atomic E-state index is 11.9. The predicted octanol–water partition coefficient (Wildman–Crippen LogP) is 2.72. The van der Waals surface area contributed by atoms with Gasteiger partial charge in [-0.2, -0.15) is 0 Å². The highest BCUT2D eigenvalue weighted by molar-refractivity contribution is 5.95. The van der Waals surface area contributed by atoms with Crippen LogP contribution in [0.1, 0.15) is 21.5 Å². The second-order valence-corrected chi connectivity index (χ2v) is 5.14. The first-order chi connectivity index (χ1) is 10.9. The number of phenols is 1. The Labute approximate surface area is 133 Å². The molecule has 0 spiro atoms. The summed E-state index contributed by atoms with van der Waals surface area (Å²) in [6.45, 7) is 3.63. The van der Waals surface area contributed by atoms with Crippen molar-refractivity contribution >= 4 is 17.6 Å². The largest absolute Gasteiger partial charge is 0.506 e. The summed E-state index contributed by atoms with van der Waals surface area (Å²) < 4.78 is 5.44. The lowest BCUT2D eigenvalue weighted by atomic mass is 10.1. The molecule has 0 fully saturated rings. The molecule has 0 bridgehead atoms. The monoisotopic (exact) mass is 315 g/mol. The van der Waals surface area contributed by atoms with Crippen LogP contribution >= 0.6 is 0 Å². The fourth-order valence-corrected chi connectivity index (χ4v) is 2.06. The van der Waals surface area contributed by atoms with Gasteiger partial charge in [-0.1, -0.05) is 17.7 Å². The Bertz CT molecular complexity index is 755. The van der Waals surface area contributed by atoms with E-state index in [0.717, 1.165) is 17.2 Å². The molecule has 0 atom stereocenters. The van der Waals surface area contributed by atoms with Crippen LogP contribution in [-0.4, -0.2) is 28.7 Å². The van der Waals surface area contributed by atoms with Crippen LogP contribution in [0.2, 0.25) is 0 Å². The zero-order chi connectivity index (χ0) is 17.0. The van der Waals surface area contributed by atoms with Gasteiger partial charge >= 0.3 is 5.97 Å². The molecule has 23 heavy (non-hydrogen) atoms. The van der Waals surface area contributed by atoms with Crippen molar-refractivity contribution in [1.29, 1.82) is 0 Å². The Morgan fingerprint density at radius 1 is 1.13 bits per heavy atom. The zero-order valence-corrected chi connectivity index (χ0v) is 12.8. The molecule has 2 aromatic rings. The van der Waals surface area contributed by atoms with E-state index in [1.807, 2.05) is 26.0 Å². The molecule has 2 rings (SSSR count). The van der Waals surface area contributed by atoms with Gasteiger partial charge in [0.1, 0.15) is 11.5 Å². The summed E-state index contributed by atoms with van der Waals surface area (Å²) in [6.07, 6.45) is 0. The molecule has 0 heterocycles. The van der Waals surface area contributed by atoms with Crippen LogP contribution in [-0.2, 0) is 4.79 Å². The number of rotatable bonds is 5. The summed E-state index contributed by atoms with van der Waals surface area (Å²) in [5, 5.41) is 21.0. The average Bonchev–Trinajstić information content (AvgIpc) is 2.48. The van der Waals surface area contributed by atoms with Crippen LogP contribution in [0.15, 0.2) is 36.4 Å². The topological polar surface area (TPSA) is 95.9 Å². The van der Waals surface area contributed by atoms with Gasteiger partial charge in [0, 0.05) is 0 Å². The zero-order valence-electron chi connectivity index (χ0n) is 12.8. The SMILES string of the molecule is Cc1ccc(OCC(=O)Nc2ccc(C(=O)O)cc2O)c(C)c1. The van der Waals surface area contributed by atoms with E-state index in [0.29, 0.717) is 5.75 Å². The van der Waals surface area contributed by atoms with Crippen molar-refractivity contribution in [3.63, 3.8) is 0 Å². The number of aromatic carboxylic acids is 1. The Morgan fingerprint density at radius 2 is 1.87 bits per heavy atom. The normalized spacial score (nSPS) is 10.2. The van der Waals surface area contributed by atoms with Crippen molar-refractivity contribution in [2.45, 2.75) is 13.8 Å². The third-order valence-electron chi connectivity index (χ3n) is 3.21. The van der Waals surface area contributed by atoms with Crippen molar-refractivity contribution in [3.8, 4) is 11.5 Å². The van der Waals surface area contributed by atoms with Crippen LogP contribution < -0.4 is 10.1 Å². The minimum Gasteiger partial charge on any atom is -0.506 e. The second-order valence-electron chi connectivity index (χ2n) is 5.14. The highest BCUT2D eigenvalue weighted by Gasteiger charge is 2.11. The van der Waals surface area contributed by atoms with E-state index in [1.54, 1.807) is 6.07 Å². The molecule has 0 aliphatic heterocycles. The third kappa shape index (κ3) is 4.23. The number of carboxylic acids is 1. The van der Waals surface area contributed by atoms with Gasteiger partial charge in [-0.15, -0.1) is 0 Å². The fraction of sp³-hybridized carbons (Fsp3) is 0.176. The summed E-state index contributed by atoms with van der Waals surface area (Å²) in [5.74, 6) is -1.32. The van der Waals surface area contributed by atoms with E-state index in [-0.39, 0.29) is 23.6 Å². The van der Waals surface area contributed by atoms with Crippen LogP contribution in [0, 0.1) is 13.8 Å². The molecule has 0 saturated heterocycles. The maximum Gasteiger partial charge on any atom is 0.335 e. The van der Waals surface area contributed by atoms with Gasteiger partial charge in [-0.3, -0.25) is 4.79 Å². The predicted molar refractivity (Wildman–Crippen MR) is 85.1 cm³/mol. The first kappa shape index (κ1) is 16.4. The van der Waals surface area contributed by atoms with E-state index < -0.39 is 11.9 Å². The van der Waals surface area contributed by atoms with E-state index in [9.17, 15) is 14.7 Å². The fourth-order valence-electron chi connectivity index (χ4n) is 2.06. The highest BCUT2D eigenvalue weighted by Crippen LogP contribution is 2.24. The van der Waals surface area contributed by atoms with Crippen LogP contribution in [0.25, 0.3) is 0 Å². The van der Waals surface area contributed by atoms with Crippen molar-refractivity contribution < 1.29 is 24.5 Å². The molecule has 0 unspecified atom stereocenters. The number of aryl methyl sites for hydroxylation is 2. The first-order valence-electron chi connectivity index (χ1n) is 6.93. The van der Waals surface area contributed by atoms with Crippen molar-refractivity contribution in [1.82, 2.24) is 0 Å². The second kappa shape index (κ2) is 6.83. The molecule has 0 aliphatic rings. The number of ether oxygens (including phenoxy) is 1. The molecule has 6 nitrogen and oxygen atoms in total.